The average molecular weight is 342 g/mol. The van der Waals surface area contributed by atoms with Crippen molar-refractivity contribution in [3.63, 3.8) is 0 Å². The highest BCUT2D eigenvalue weighted by Crippen LogP contribution is 2.24. The normalized spacial score (nSPS) is 11.4. The third-order valence-corrected chi connectivity index (χ3v) is 4.90. The van der Waals surface area contributed by atoms with Crippen molar-refractivity contribution in [2.24, 2.45) is 0 Å². The minimum Gasteiger partial charge on any atom is -0.295 e. The van der Waals surface area contributed by atoms with Gasteiger partial charge in [-0.15, -0.1) is 11.3 Å². The van der Waals surface area contributed by atoms with E-state index < -0.39 is 0 Å². The highest BCUT2D eigenvalue weighted by Gasteiger charge is 2.15. The molecule has 0 fully saturated rings. The molecule has 0 aliphatic heterocycles. The minimum absolute atomic E-state index is 0.916. The van der Waals surface area contributed by atoms with Gasteiger partial charge in [0.25, 0.3) is 0 Å². The van der Waals surface area contributed by atoms with E-state index in [9.17, 15) is 0 Å². The molecular formula is C14H20BrN3S. The molecule has 0 saturated heterocycles. The smallest absolute Gasteiger partial charge is 0.0767 e. The van der Waals surface area contributed by atoms with E-state index >= 15 is 0 Å². The zero-order valence-electron chi connectivity index (χ0n) is 11.7. The van der Waals surface area contributed by atoms with Crippen LogP contribution < -0.4 is 0 Å². The lowest BCUT2D eigenvalue weighted by Gasteiger charge is -2.16. The van der Waals surface area contributed by atoms with Gasteiger partial charge in [0.2, 0.25) is 0 Å². The largest absolute Gasteiger partial charge is 0.295 e. The molecule has 2 aromatic heterocycles. The number of rotatable bonds is 6. The number of thiophene rings is 1. The Bertz CT molecular complexity index is 519. The number of hydrogen-bond donors (Lipinski definition) is 0. The molecule has 0 saturated carbocycles. The lowest BCUT2D eigenvalue weighted by atomic mass is 10.3. The Morgan fingerprint density at radius 2 is 2.16 bits per heavy atom. The van der Waals surface area contributed by atoms with Crippen LogP contribution >= 0.6 is 27.3 Å². The minimum atomic E-state index is 0.916. The maximum absolute atomic E-state index is 4.64. The van der Waals surface area contributed by atoms with Crippen molar-refractivity contribution < 1.29 is 0 Å². The van der Waals surface area contributed by atoms with E-state index in [4.69, 9.17) is 0 Å². The lowest BCUT2D eigenvalue weighted by Crippen LogP contribution is -2.19. The van der Waals surface area contributed by atoms with Crippen LogP contribution in [0.15, 0.2) is 22.0 Å². The molecule has 0 spiro atoms. The number of hydrogen-bond acceptors (Lipinski definition) is 3. The van der Waals surface area contributed by atoms with Crippen LogP contribution in [0.25, 0.3) is 0 Å². The predicted octanol–water partition coefficient (Wildman–Crippen LogP) is 3.92. The predicted molar refractivity (Wildman–Crippen MR) is 84.5 cm³/mol. The zero-order chi connectivity index (χ0) is 13.8. The molecule has 0 N–H and O–H groups in total. The van der Waals surface area contributed by atoms with E-state index in [1.165, 1.54) is 15.0 Å². The van der Waals surface area contributed by atoms with Crippen molar-refractivity contribution in [2.45, 2.75) is 39.9 Å². The van der Waals surface area contributed by atoms with Gasteiger partial charge in [0.05, 0.1) is 15.9 Å². The second-order valence-corrected chi connectivity index (χ2v) is 6.45. The fourth-order valence-corrected chi connectivity index (χ4v) is 3.62. The molecule has 0 aliphatic rings. The number of nitrogens with zero attached hydrogens (tertiary/aromatic N) is 3. The Labute approximate surface area is 127 Å². The van der Waals surface area contributed by atoms with Crippen LogP contribution in [0.3, 0.4) is 0 Å². The lowest BCUT2D eigenvalue weighted by molar-refractivity contribution is 0.309. The first-order valence-corrected chi connectivity index (χ1v) is 8.27. The van der Waals surface area contributed by atoms with Crippen molar-refractivity contribution in [1.29, 1.82) is 0 Å². The van der Waals surface area contributed by atoms with Gasteiger partial charge in [0.15, 0.2) is 0 Å². The SMILES string of the molecule is CCc1nn(CC)c(CN(C)Cc2cccs2)c1Br. The van der Waals surface area contributed by atoms with Gasteiger partial charge in [0.1, 0.15) is 0 Å². The van der Waals surface area contributed by atoms with E-state index in [0.717, 1.165) is 31.7 Å². The Balaban J connectivity index is 2.11. The summed E-state index contributed by atoms with van der Waals surface area (Å²) in [6.45, 7) is 7.11. The monoisotopic (exact) mass is 341 g/mol. The third-order valence-electron chi connectivity index (χ3n) is 3.12. The Morgan fingerprint density at radius 3 is 2.74 bits per heavy atom. The van der Waals surface area contributed by atoms with E-state index in [2.05, 4.69) is 69.0 Å². The quantitative estimate of drug-likeness (QED) is 0.793. The average Bonchev–Trinajstić information content (AvgIpc) is 2.99. The van der Waals surface area contributed by atoms with Crippen LogP contribution in [-0.2, 0) is 26.1 Å². The topological polar surface area (TPSA) is 21.1 Å². The van der Waals surface area contributed by atoms with Crippen molar-refractivity contribution in [3.8, 4) is 0 Å². The highest BCUT2D eigenvalue weighted by molar-refractivity contribution is 9.10. The Hall–Kier alpha value is -0.650. The molecule has 2 rings (SSSR count). The van der Waals surface area contributed by atoms with Crippen molar-refractivity contribution in [1.82, 2.24) is 14.7 Å². The van der Waals surface area contributed by atoms with E-state index in [-0.39, 0.29) is 0 Å². The molecule has 3 nitrogen and oxygen atoms in total. The number of aryl methyl sites for hydroxylation is 2. The zero-order valence-corrected chi connectivity index (χ0v) is 14.1. The third kappa shape index (κ3) is 3.46. The van der Waals surface area contributed by atoms with Crippen molar-refractivity contribution >= 4 is 27.3 Å². The van der Waals surface area contributed by atoms with Gasteiger partial charge in [-0.25, -0.2) is 0 Å². The molecular weight excluding hydrogens is 322 g/mol. The summed E-state index contributed by atoms with van der Waals surface area (Å²) < 4.78 is 3.28. The van der Waals surface area contributed by atoms with Crippen LogP contribution in [0, 0.1) is 0 Å². The molecule has 2 aromatic rings. The van der Waals surface area contributed by atoms with Gasteiger partial charge in [-0.3, -0.25) is 9.58 Å². The fraction of sp³-hybridized carbons (Fsp3) is 0.500. The number of aromatic nitrogens is 2. The summed E-state index contributed by atoms with van der Waals surface area (Å²) in [4.78, 5) is 3.73. The summed E-state index contributed by atoms with van der Waals surface area (Å²) in [6.07, 6.45) is 0.967. The second kappa shape index (κ2) is 6.68. The summed E-state index contributed by atoms with van der Waals surface area (Å²) in [5.74, 6) is 0. The molecule has 19 heavy (non-hydrogen) atoms. The van der Waals surface area contributed by atoms with Crippen molar-refractivity contribution in [2.75, 3.05) is 7.05 Å². The summed E-state index contributed by atoms with van der Waals surface area (Å²) >= 11 is 5.51. The van der Waals surface area contributed by atoms with Gasteiger partial charge in [-0.05, 0) is 47.8 Å². The van der Waals surface area contributed by atoms with E-state index in [1.54, 1.807) is 0 Å². The van der Waals surface area contributed by atoms with Crippen LogP contribution in [0.5, 0.6) is 0 Å². The molecule has 0 atom stereocenters. The fourth-order valence-electron chi connectivity index (χ4n) is 2.15. The first-order chi connectivity index (χ1) is 9.15. The molecule has 0 unspecified atom stereocenters. The van der Waals surface area contributed by atoms with Gasteiger partial charge in [0, 0.05) is 24.5 Å². The highest BCUT2D eigenvalue weighted by atomic mass is 79.9. The van der Waals surface area contributed by atoms with Crippen LogP contribution in [-0.4, -0.2) is 21.7 Å². The van der Waals surface area contributed by atoms with Gasteiger partial charge >= 0.3 is 0 Å². The molecule has 104 valence electrons. The second-order valence-electron chi connectivity index (χ2n) is 4.63. The summed E-state index contributed by atoms with van der Waals surface area (Å²) in [5, 5.41) is 6.77. The molecule has 0 aromatic carbocycles. The molecule has 0 radical (unpaired) electrons. The van der Waals surface area contributed by atoms with Gasteiger partial charge in [-0.1, -0.05) is 13.0 Å². The molecule has 5 heteroatoms. The van der Waals surface area contributed by atoms with Crippen LogP contribution in [0.4, 0.5) is 0 Å². The first kappa shape index (κ1) is 14.8. The van der Waals surface area contributed by atoms with Gasteiger partial charge in [-0.2, -0.15) is 5.10 Å². The molecule has 0 amide bonds. The van der Waals surface area contributed by atoms with Crippen molar-refractivity contribution in [3.05, 3.63) is 38.3 Å². The van der Waals surface area contributed by atoms with Crippen LogP contribution in [0.1, 0.15) is 30.1 Å². The first-order valence-electron chi connectivity index (χ1n) is 6.60. The van der Waals surface area contributed by atoms with Crippen LogP contribution in [0.2, 0.25) is 0 Å². The summed E-state index contributed by atoms with van der Waals surface area (Å²) in [7, 11) is 2.16. The molecule has 2 heterocycles. The maximum atomic E-state index is 4.64. The summed E-state index contributed by atoms with van der Waals surface area (Å²) in [5.41, 5.74) is 2.43. The molecule has 0 aliphatic carbocycles. The van der Waals surface area contributed by atoms with E-state index in [1.807, 2.05) is 11.3 Å². The Kier molecular flexibility index (Phi) is 5.19. The van der Waals surface area contributed by atoms with E-state index in [0.29, 0.717) is 0 Å². The molecule has 0 bridgehead atoms. The maximum Gasteiger partial charge on any atom is 0.0767 e. The Morgan fingerprint density at radius 1 is 1.37 bits per heavy atom. The summed E-state index contributed by atoms with van der Waals surface area (Å²) in [6, 6.07) is 4.29. The van der Waals surface area contributed by atoms with Gasteiger partial charge < -0.3 is 0 Å². The standard InChI is InChI=1S/C14H20BrN3S/c1-4-12-14(15)13(18(5-2)16-12)10-17(3)9-11-7-6-8-19-11/h6-8H,4-5,9-10H2,1-3H3. The number of halogens is 1.